The van der Waals surface area contributed by atoms with Crippen molar-refractivity contribution in [2.24, 2.45) is 5.92 Å². The standard InChI is InChI=1S/C16H16FN5OS/c1-16(9-18,10-6-7-10)20-13(23)8-24-15-19-14(21-22-15)11-4-2-3-5-12(11)17/h2-5,10H,6-8H2,1H3,(H,20,23)(H,19,21,22)/t16-/m1/s1. The maximum atomic E-state index is 13.7. The highest BCUT2D eigenvalue weighted by atomic mass is 32.2. The van der Waals surface area contributed by atoms with E-state index in [1.54, 1.807) is 25.1 Å². The van der Waals surface area contributed by atoms with E-state index in [-0.39, 0.29) is 17.6 Å². The van der Waals surface area contributed by atoms with Gasteiger partial charge in [-0.25, -0.2) is 9.37 Å². The lowest BCUT2D eigenvalue weighted by Gasteiger charge is -2.22. The Morgan fingerprint density at radius 1 is 1.54 bits per heavy atom. The van der Waals surface area contributed by atoms with Crippen LogP contribution in [0.4, 0.5) is 4.39 Å². The Kier molecular flexibility index (Phi) is 4.53. The van der Waals surface area contributed by atoms with Crippen LogP contribution in [0.5, 0.6) is 0 Å². The lowest BCUT2D eigenvalue weighted by Crippen LogP contribution is -2.47. The lowest BCUT2D eigenvalue weighted by molar-refractivity contribution is -0.119. The van der Waals surface area contributed by atoms with E-state index in [1.165, 1.54) is 6.07 Å². The SMILES string of the molecule is C[C@](C#N)(NC(=O)CSc1n[nH]c(-c2ccccc2F)n1)C1CC1. The number of hydrogen-bond acceptors (Lipinski definition) is 5. The number of halogens is 1. The van der Waals surface area contributed by atoms with Crippen molar-refractivity contribution >= 4 is 17.7 Å². The molecule has 1 aliphatic carbocycles. The van der Waals surface area contributed by atoms with Gasteiger partial charge < -0.3 is 5.32 Å². The van der Waals surface area contributed by atoms with Crippen LogP contribution in [0.2, 0.25) is 0 Å². The van der Waals surface area contributed by atoms with E-state index >= 15 is 0 Å². The third kappa shape index (κ3) is 3.57. The average Bonchev–Trinajstić information content (AvgIpc) is 3.33. The number of hydrogen-bond donors (Lipinski definition) is 2. The molecule has 0 radical (unpaired) electrons. The molecular weight excluding hydrogens is 329 g/mol. The Morgan fingerprint density at radius 2 is 2.29 bits per heavy atom. The molecule has 24 heavy (non-hydrogen) atoms. The van der Waals surface area contributed by atoms with Crippen molar-refractivity contribution in [1.29, 1.82) is 5.26 Å². The molecule has 0 spiro atoms. The van der Waals surface area contributed by atoms with E-state index in [2.05, 4.69) is 26.6 Å². The minimum absolute atomic E-state index is 0.0958. The molecule has 1 aromatic carbocycles. The van der Waals surface area contributed by atoms with Crippen molar-refractivity contribution in [3.63, 3.8) is 0 Å². The van der Waals surface area contributed by atoms with Gasteiger partial charge in [0.2, 0.25) is 11.1 Å². The van der Waals surface area contributed by atoms with Crippen molar-refractivity contribution in [2.75, 3.05) is 5.75 Å². The summed E-state index contributed by atoms with van der Waals surface area (Å²) in [5.41, 5.74) is -0.485. The highest BCUT2D eigenvalue weighted by Crippen LogP contribution is 2.39. The second-order valence-corrected chi connectivity index (χ2v) is 6.81. The van der Waals surface area contributed by atoms with Gasteiger partial charge in [-0.15, -0.1) is 5.10 Å². The normalized spacial score (nSPS) is 16.2. The number of benzene rings is 1. The number of nitrogens with zero attached hydrogens (tertiary/aromatic N) is 3. The summed E-state index contributed by atoms with van der Waals surface area (Å²) < 4.78 is 13.7. The molecule has 8 heteroatoms. The van der Waals surface area contributed by atoms with E-state index in [4.69, 9.17) is 0 Å². The van der Waals surface area contributed by atoms with E-state index in [0.29, 0.717) is 16.5 Å². The number of amides is 1. The minimum Gasteiger partial charge on any atom is -0.337 e. The van der Waals surface area contributed by atoms with Gasteiger partial charge in [-0.1, -0.05) is 23.9 Å². The maximum Gasteiger partial charge on any atom is 0.231 e. The fourth-order valence-corrected chi connectivity index (χ4v) is 3.02. The fourth-order valence-electron chi connectivity index (χ4n) is 2.42. The molecule has 0 unspecified atom stereocenters. The molecule has 1 aliphatic rings. The Labute approximate surface area is 142 Å². The summed E-state index contributed by atoms with van der Waals surface area (Å²) >= 11 is 1.14. The second kappa shape index (κ2) is 6.61. The highest BCUT2D eigenvalue weighted by Gasteiger charge is 2.42. The topological polar surface area (TPSA) is 94.5 Å². The van der Waals surface area contributed by atoms with Crippen LogP contribution in [0, 0.1) is 23.1 Å². The first-order chi connectivity index (χ1) is 11.5. The fraction of sp³-hybridized carbons (Fsp3) is 0.375. The predicted octanol–water partition coefficient (Wildman–Crippen LogP) is 2.51. The summed E-state index contributed by atoms with van der Waals surface area (Å²) in [7, 11) is 0. The zero-order valence-corrected chi connectivity index (χ0v) is 13.9. The summed E-state index contributed by atoms with van der Waals surface area (Å²) in [6.07, 6.45) is 1.93. The van der Waals surface area contributed by atoms with Crippen LogP contribution < -0.4 is 5.32 Å². The molecule has 1 atom stereocenters. The summed E-state index contributed by atoms with van der Waals surface area (Å²) in [5.74, 6) is 0.00674. The number of aromatic amines is 1. The van der Waals surface area contributed by atoms with Crippen molar-refractivity contribution in [3.05, 3.63) is 30.1 Å². The van der Waals surface area contributed by atoms with E-state index in [9.17, 15) is 14.4 Å². The molecule has 1 aromatic heterocycles. The van der Waals surface area contributed by atoms with Gasteiger partial charge in [-0.3, -0.25) is 9.89 Å². The molecule has 0 aliphatic heterocycles. The molecule has 2 aromatic rings. The van der Waals surface area contributed by atoms with Gasteiger partial charge in [0.25, 0.3) is 0 Å². The molecule has 0 saturated heterocycles. The number of nitrogens with one attached hydrogen (secondary N) is 2. The first-order valence-electron chi connectivity index (χ1n) is 7.54. The number of H-pyrrole nitrogens is 1. The first kappa shape index (κ1) is 16.5. The molecule has 1 amide bonds. The van der Waals surface area contributed by atoms with Gasteiger partial charge in [-0.05, 0) is 37.8 Å². The third-order valence-electron chi connectivity index (χ3n) is 3.95. The predicted molar refractivity (Wildman–Crippen MR) is 87.4 cm³/mol. The molecule has 2 N–H and O–H groups in total. The molecule has 1 heterocycles. The van der Waals surface area contributed by atoms with Crippen molar-refractivity contribution in [2.45, 2.75) is 30.5 Å². The maximum absolute atomic E-state index is 13.7. The largest absolute Gasteiger partial charge is 0.337 e. The van der Waals surface area contributed by atoms with Crippen LogP contribution in [0.15, 0.2) is 29.4 Å². The van der Waals surface area contributed by atoms with Crippen LogP contribution in [0.1, 0.15) is 19.8 Å². The third-order valence-corrected chi connectivity index (χ3v) is 4.80. The minimum atomic E-state index is -0.811. The van der Waals surface area contributed by atoms with Crippen LogP contribution in [-0.4, -0.2) is 32.4 Å². The van der Waals surface area contributed by atoms with Gasteiger partial charge in [0.05, 0.1) is 17.4 Å². The zero-order valence-electron chi connectivity index (χ0n) is 13.0. The van der Waals surface area contributed by atoms with Gasteiger partial charge in [0.1, 0.15) is 11.4 Å². The average molecular weight is 345 g/mol. The summed E-state index contributed by atoms with van der Waals surface area (Å²) in [5, 5.41) is 19.0. The van der Waals surface area contributed by atoms with Crippen LogP contribution >= 0.6 is 11.8 Å². The first-order valence-corrected chi connectivity index (χ1v) is 8.53. The number of rotatable bonds is 6. The summed E-state index contributed by atoms with van der Waals surface area (Å²) in [6, 6.07) is 8.44. The van der Waals surface area contributed by atoms with E-state index < -0.39 is 11.4 Å². The van der Waals surface area contributed by atoms with Crippen LogP contribution in [-0.2, 0) is 4.79 Å². The van der Waals surface area contributed by atoms with Crippen LogP contribution in [0.25, 0.3) is 11.4 Å². The molecule has 0 bridgehead atoms. The molecule has 1 fully saturated rings. The second-order valence-electron chi connectivity index (χ2n) is 5.87. The monoisotopic (exact) mass is 345 g/mol. The van der Waals surface area contributed by atoms with Crippen LogP contribution in [0.3, 0.4) is 0 Å². The zero-order chi connectivity index (χ0) is 17.2. The molecule has 3 rings (SSSR count). The number of thioether (sulfide) groups is 1. The molecule has 6 nitrogen and oxygen atoms in total. The lowest BCUT2D eigenvalue weighted by atomic mass is 9.98. The number of carbonyl (C=O) groups excluding carboxylic acids is 1. The van der Waals surface area contributed by atoms with Crippen molar-refractivity contribution in [3.8, 4) is 17.5 Å². The Bertz CT molecular complexity index is 798. The molecule has 1 saturated carbocycles. The summed E-state index contributed by atoms with van der Waals surface area (Å²) in [4.78, 5) is 16.2. The Balaban J connectivity index is 1.59. The smallest absolute Gasteiger partial charge is 0.231 e. The Hall–Kier alpha value is -2.40. The van der Waals surface area contributed by atoms with Crippen molar-refractivity contribution < 1.29 is 9.18 Å². The van der Waals surface area contributed by atoms with Gasteiger partial charge in [0.15, 0.2) is 5.82 Å². The van der Waals surface area contributed by atoms with E-state index in [0.717, 1.165) is 24.6 Å². The van der Waals surface area contributed by atoms with E-state index in [1.807, 2.05) is 0 Å². The van der Waals surface area contributed by atoms with Gasteiger partial charge in [0, 0.05) is 0 Å². The van der Waals surface area contributed by atoms with Gasteiger partial charge in [-0.2, -0.15) is 5.26 Å². The highest BCUT2D eigenvalue weighted by molar-refractivity contribution is 7.99. The molecular formula is C16H16FN5OS. The summed E-state index contributed by atoms with van der Waals surface area (Å²) in [6.45, 7) is 1.75. The number of aromatic nitrogens is 3. The van der Waals surface area contributed by atoms with Crippen molar-refractivity contribution in [1.82, 2.24) is 20.5 Å². The number of nitriles is 1. The number of carbonyl (C=O) groups is 1. The Morgan fingerprint density at radius 3 is 2.96 bits per heavy atom. The quantitative estimate of drug-likeness (QED) is 0.785. The van der Waals surface area contributed by atoms with Gasteiger partial charge >= 0.3 is 0 Å². The molecule has 124 valence electrons.